The summed E-state index contributed by atoms with van der Waals surface area (Å²) in [7, 11) is 3.47. The Morgan fingerprint density at radius 2 is 1.80 bits per heavy atom. The van der Waals surface area contributed by atoms with Crippen molar-refractivity contribution < 1.29 is 19.4 Å². The molecule has 1 atom stereocenters. The van der Waals surface area contributed by atoms with Gasteiger partial charge in [0.2, 0.25) is 0 Å². The minimum absolute atomic E-state index is 0.0518. The molecule has 6 nitrogen and oxygen atoms in total. The van der Waals surface area contributed by atoms with Crippen LogP contribution in [-0.2, 0) is 16.6 Å². The van der Waals surface area contributed by atoms with E-state index in [2.05, 4.69) is 15.9 Å². The number of rotatable bonds is 4. The highest BCUT2D eigenvalue weighted by Gasteiger charge is 2.48. The smallest absolute Gasteiger partial charge is 0.300 e. The van der Waals surface area contributed by atoms with Gasteiger partial charge in [0.1, 0.15) is 11.5 Å². The van der Waals surface area contributed by atoms with Crippen molar-refractivity contribution >= 4 is 50.0 Å². The average molecular weight is 531 g/mol. The molecule has 0 spiro atoms. The van der Waals surface area contributed by atoms with Crippen LogP contribution in [0.25, 0.3) is 16.7 Å². The third-order valence-electron chi connectivity index (χ3n) is 6.43. The molecule has 7 heteroatoms. The zero-order valence-corrected chi connectivity index (χ0v) is 21.0. The Morgan fingerprint density at radius 1 is 1.03 bits per heavy atom. The Morgan fingerprint density at radius 3 is 2.54 bits per heavy atom. The summed E-state index contributed by atoms with van der Waals surface area (Å²) in [5.74, 6) is -1.08. The monoisotopic (exact) mass is 530 g/mol. The number of fused-ring (bicyclic) bond motifs is 1. The number of aromatic nitrogens is 1. The van der Waals surface area contributed by atoms with Gasteiger partial charge in [-0.15, -0.1) is 0 Å². The lowest BCUT2D eigenvalue weighted by Crippen LogP contribution is -2.29. The SMILES string of the molecule is COc1cccc(N2C(=O)C(=O)/C(=C(/O)c3ccc(Br)c(C)c3)C2c2cn(C)c3ccccc23)c1. The largest absolute Gasteiger partial charge is 0.507 e. The van der Waals surface area contributed by atoms with Crippen molar-refractivity contribution in [2.75, 3.05) is 12.0 Å². The molecule has 1 unspecified atom stereocenters. The number of amides is 1. The first kappa shape index (κ1) is 22.9. The van der Waals surface area contributed by atoms with Gasteiger partial charge < -0.3 is 14.4 Å². The Bertz CT molecular complexity index is 1540. The molecule has 35 heavy (non-hydrogen) atoms. The molecule has 0 saturated carbocycles. The Kier molecular flexibility index (Phi) is 5.73. The van der Waals surface area contributed by atoms with Crippen molar-refractivity contribution in [2.45, 2.75) is 13.0 Å². The number of Topliss-reactive ketones (excluding diaryl/α,β-unsaturated/α-hetero) is 1. The number of halogens is 1. The van der Waals surface area contributed by atoms with Crippen LogP contribution in [0.3, 0.4) is 0 Å². The standard InChI is InChI=1S/C28H23BrN2O4/c1-16-13-17(11-12-22(16)29)26(32)24-25(21-15-30(2)23-10-5-4-9-20(21)23)31(28(34)27(24)33)18-7-6-8-19(14-18)35-3/h4-15,25,32H,1-3H3/b26-24+. The maximum absolute atomic E-state index is 13.5. The van der Waals surface area contributed by atoms with E-state index in [9.17, 15) is 14.7 Å². The molecule has 1 fully saturated rings. The lowest BCUT2D eigenvalue weighted by atomic mass is 9.94. The molecule has 1 saturated heterocycles. The van der Waals surface area contributed by atoms with Gasteiger partial charge in [0.05, 0.1) is 18.7 Å². The molecule has 1 amide bonds. The molecule has 4 aromatic rings. The summed E-state index contributed by atoms with van der Waals surface area (Å²) in [5.41, 5.74) is 3.64. The summed E-state index contributed by atoms with van der Waals surface area (Å²) in [6.45, 7) is 1.90. The highest BCUT2D eigenvalue weighted by Crippen LogP contribution is 2.45. The third kappa shape index (κ3) is 3.72. The molecule has 2 heterocycles. The molecule has 0 radical (unpaired) electrons. The Labute approximate surface area is 211 Å². The number of aryl methyl sites for hydroxylation is 2. The Balaban J connectivity index is 1.81. The van der Waals surface area contributed by atoms with Gasteiger partial charge in [-0.05, 0) is 42.8 Å². The lowest BCUT2D eigenvalue weighted by Gasteiger charge is -2.25. The summed E-state index contributed by atoms with van der Waals surface area (Å²) in [6, 6.07) is 19.3. The third-order valence-corrected chi connectivity index (χ3v) is 7.32. The predicted molar refractivity (Wildman–Crippen MR) is 140 cm³/mol. The van der Waals surface area contributed by atoms with Crippen LogP contribution in [0.1, 0.15) is 22.7 Å². The van der Waals surface area contributed by atoms with Crippen LogP contribution >= 0.6 is 15.9 Å². The first-order valence-corrected chi connectivity index (χ1v) is 11.9. The van der Waals surface area contributed by atoms with Crippen molar-refractivity contribution in [2.24, 2.45) is 7.05 Å². The quantitative estimate of drug-likeness (QED) is 0.203. The second kappa shape index (κ2) is 8.74. The highest BCUT2D eigenvalue weighted by atomic mass is 79.9. The van der Waals surface area contributed by atoms with E-state index in [1.165, 1.54) is 4.90 Å². The van der Waals surface area contributed by atoms with Crippen LogP contribution in [0.5, 0.6) is 5.75 Å². The van der Waals surface area contributed by atoms with Crippen LogP contribution in [0, 0.1) is 6.92 Å². The number of benzene rings is 3. The van der Waals surface area contributed by atoms with Crippen LogP contribution in [0.4, 0.5) is 5.69 Å². The van der Waals surface area contributed by atoms with Crippen LogP contribution in [-0.4, -0.2) is 28.5 Å². The lowest BCUT2D eigenvalue weighted by molar-refractivity contribution is -0.132. The van der Waals surface area contributed by atoms with E-state index >= 15 is 0 Å². The molecular weight excluding hydrogens is 508 g/mol. The predicted octanol–water partition coefficient (Wildman–Crippen LogP) is 5.88. The summed E-state index contributed by atoms with van der Waals surface area (Å²) in [4.78, 5) is 28.4. The number of aliphatic hydroxyl groups excluding tert-OH is 1. The molecule has 5 rings (SSSR count). The zero-order chi connectivity index (χ0) is 24.9. The molecule has 1 aromatic heterocycles. The average Bonchev–Trinajstić information content (AvgIpc) is 3.34. The number of ether oxygens (including phenoxy) is 1. The van der Waals surface area contributed by atoms with E-state index in [0.717, 1.165) is 26.5 Å². The zero-order valence-electron chi connectivity index (χ0n) is 19.4. The van der Waals surface area contributed by atoms with E-state index in [0.29, 0.717) is 17.0 Å². The molecular formula is C28H23BrN2O4. The molecule has 0 bridgehead atoms. The van der Waals surface area contributed by atoms with Crippen molar-refractivity contribution in [3.05, 3.63) is 99.7 Å². The maximum atomic E-state index is 13.5. The maximum Gasteiger partial charge on any atom is 0.300 e. The molecule has 1 N–H and O–H groups in total. The van der Waals surface area contributed by atoms with Gasteiger partial charge in [0.25, 0.3) is 11.7 Å². The number of carbonyl (C=O) groups is 2. The molecule has 1 aliphatic rings. The summed E-state index contributed by atoms with van der Waals surface area (Å²) in [6.07, 6.45) is 1.91. The first-order chi connectivity index (χ1) is 16.8. The molecule has 3 aromatic carbocycles. The molecule has 176 valence electrons. The fourth-order valence-corrected chi connectivity index (χ4v) is 4.94. The van der Waals surface area contributed by atoms with Gasteiger partial charge in [-0.3, -0.25) is 14.5 Å². The van der Waals surface area contributed by atoms with Gasteiger partial charge >= 0.3 is 0 Å². The van der Waals surface area contributed by atoms with Crippen molar-refractivity contribution in [3.8, 4) is 5.75 Å². The van der Waals surface area contributed by atoms with Crippen molar-refractivity contribution in [1.82, 2.24) is 4.57 Å². The minimum atomic E-state index is -0.822. The number of nitrogens with zero attached hydrogens (tertiary/aromatic N) is 2. The fraction of sp³-hybridized carbons (Fsp3) is 0.143. The van der Waals surface area contributed by atoms with Gasteiger partial charge in [-0.2, -0.15) is 0 Å². The van der Waals surface area contributed by atoms with Crippen LogP contribution in [0.15, 0.2) is 83.0 Å². The van der Waals surface area contributed by atoms with Gasteiger partial charge in [-0.1, -0.05) is 46.3 Å². The van der Waals surface area contributed by atoms with Crippen LogP contribution < -0.4 is 9.64 Å². The minimum Gasteiger partial charge on any atom is -0.507 e. The summed E-state index contributed by atoms with van der Waals surface area (Å²) in [5, 5.41) is 12.3. The molecule has 0 aliphatic carbocycles. The number of carbonyl (C=O) groups excluding carboxylic acids is 2. The highest BCUT2D eigenvalue weighted by molar-refractivity contribution is 9.10. The van der Waals surface area contributed by atoms with Gasteiger partial charge in [-0.25, -0.2) is 0 Å². The van der Waals surface area contributed by atoms with Crippen LogP contribution in [0.2, 0.25) is 0 Å². The van der Waals surface area contributed by atoms with Crippen molar-refractivity contribution in [1.29, 1.82) is 0 Å². The van der Waals surface area contributed by atoms with E-state index in [1.807, 2.05) is 55.1 Å². The number of hydrogen-bond acceptors (Lipinski definition) is 4. The first-order valence-electron chi connectivity index (χ1n) is 11.1. The molecule has 1 aliphatic heterocycles. The fourth-order valence-electron chi connectivity index (χ4n) is 4.69. The van der Waals surface area contributed by atoms with Gasteiger partial charge in [0.15, 0.2) is 0 Å². The second-order valence-corrected chi connectivity index (χ2v) is 9.40. The summed E-state index contributed by atoms with van der Waals surface area (Å²) < 4.78 is 8.21. The van der Waals surface area contributed by atoms with E-state index < -0.39 is 17.7 Å². The van der Waals surface area contributed by atoms with Crippen molar-refractivity contribution in [3.63, 3.8) is 0 Å². The van der Waals surface area contributed by atoms with Gasteiger partial charge in [0, 0.05) is 51.5 Å². The topological polar surface area (TPSA) is 71.8 Å². The number of anilines is 1. The van der Waals surface area contributed by atoms with E-state index in [4.69, 9.17) is 4.74 Å². The number of aliphatic hydroxyl groups is 1. The van der Waals surface area contributed by atoms with E-state index in [-0.39, 0.29) is 11.3 Å². The Hall–Kier alpha value is -3.84. The summed E-state index contributed by atoms with van der Waals surface area (Å²) >= 11 is 3.47. The second-order valence-electron chi connectivity index (χ2n) is 8.55. The number of ketones is 1. The number of methoxy groups -OCH3 is 1. The number of hydrogen-bond donors (Lipinski definition) is 1. The number of para-hydroxylation sites is 1. The van der Waals surface area contributed by atoms with E-state index in [1.54, 1.807) is 43.5 Å². The normalized spacial score (nSPS) is 17.4.